The molecule has 0 radical (unpaired) electrons. The molecular formula is C10H19ClN2O2. The molecule has 88 valence electrons. The van der Waals surface area contributed by atoms with Gasteiger partial charge in [0, 0.05) is 19.6 Å². The third-order valence-corrected chi connectivity index (χ3v) is 2.97. The summed E-state index contributed by atoms with van der Waals surface area (Å²) < 4.78 is 5.23. The number of rotatable bonds is 1. The molecule has 0 saturated carbocycles. The van der Waals surface area contributed by atoms with E-state index in [1.165, 1.54) is 0 Å². The Morgan fingerprint density at radius 2 is 2.07 bits per heavy atom. The van der Waals surface area contributed by atoms with Crippen molar-refractivity contribution in [1.29, 1.82) is 0 Å². The van der Waals surface area contributed by atoms with Crippen molar-refractivity contribution in [3.8, 4) is 0 Å². The lowest BCUT2D eigenvalue weighted by Gasteiger charge is -2.32. The predicted octanol–water partition coefficient (Wildman–Crippen LogP) is 0.267. The lowest BCUT2D eigenvalue weighted by Crippen LogP contribution is -2.47. The van der Waals surface area contributed by atoms with Gasteiger partial charge in [-0.2, -0.15) is 0 Å². The van der Waals surface area contributed by atoms with Gasteiger partial charge >= 0.3 is 0 Å². The Balaban J connectivity index is 0.00000112. The Morgan fingerprint density at radius 1 is 1.33 bits per heavy atom. The summed E-state index contributed by atoms with van der Waals surface area (Å²) in [6, 6.07) is 0. The molecule has 2 rings (SSSR count). The Hall–Kier alpha value is -0.320. The number of carbonyl (C=O) groups is 1. The summed E-state index contributed by atoms with van der Waals surface area (Å²) in [6.45, 7) is 4.87. The lowest BCUT2D eigenvalue weighted by atomic mass is 9.98. The Morgan fingerprint density at radius 3 is 2.67 bits per heavy atom. The van der Waals surface area contributed by atoms with E-state index in [1.807, 2.05) is 4.90 Å². The molecule has 4 nitrogen and oxygen atoms in total. The minimum absolute atomic E-state index is 0. The quantitative estimate of drug-likeness (QED) is 0.708. The molecule has 2 heterocycles. The van der Waals surface area contributed by atoms with Gasteiger partial charge in [-0.15, -0.1) is 12.4 Å². The Kier molecular flexibility index (Phi) is 5.36. The minimum Gasteiger partial charge on any atom is -0.378 e. The van der Waals surface area contributed by atoms with Gasteiger partial charge in [0.15, 0.2) is 0 Å². The molecule has 5 heteroatoms. The van der Waals surface area contributed by atoms with Crippen molar-refractivity contribution in [3.63, 3.8) is 0 Å². The first-order valence-corrected chi connectivity index (χ1v) is 5.45. The van der Waals surface area contributed by atoms with Gasteiger partial charge in [0.05, 0.1) is 19.1 Å². The summed E-state index contributed by atoms with van der Waals surface area (Å²) in [5.74, 6) is 0.530. The van der Waals surface area contributed by atoms with Crippen LogP contribution in [-0.2, 0) is 9.53 Å². The van der Waals surface area contributed by atoms with Crippen LogP contribution in [0.25, 0.3) is 0 Å². The van der Waals surface area contributed by atoms with Gasteiger partial charge < -0.3 is 15.0 Å². The maximum Gasteiger partial charge on any atom is 0.227 e. The highest BCUT2D eigenvalue weighted by molar-refractivity contribution is 5.85. The average molecular weight is 235 g/mol. The fraction of sp³-hybridized carbons (Fsp3) is 0.900. The highest BCUT2D eigenvalue weighted by Gasteiger charge is 2.26. The Bertz CT molecular complexity index is 182. The summed E-state index contributed by atoms with van der Waals surface area (Å²) in [4.78, 5) is 13.9. The predicted molar refractivity (Wildman–Crippen MR) is 60.2 cm³/mol. The van der Waals surface area contributed by atoms with Crippen LogP contribution in [0.3, 0.4) is 0 Å². The number of hydrogen-bond donors (Lipinski definition) is 1. The minimum atomic E-state index is 0. The van der Waals surface area contributed by atoms with E-state index in [0.717, 1.165) is 39.0 Å². The van der Waals surface area contributed by atoms with Gasteiger partial charge in [0.2, 0.25) is 5.91 Å². The third-order valence-electron chi connectivity index (χ3n) is 2.97. The summed E-state index contributed by atoms with van der Waals surface area (Å²) in [5.41, 5.74) is 0. The zero-order valence-corrected chi connectivity index (χ0v) is 9.72. The van der Waals surface area contributed by atoms with Crippen molar-refractivity contribution in [2.24, 2.45) is 5.92 Å². The molecule has 0 spiro atoms. The van der Waals surface area contributed by atoms with Gasteiger partial charge in [-0.1, -0.05) is 0 Å². The zero-order chi connectivity index (χ0) is 9.80. The van der Waals surface area contributed by atoms with Crippen LogP contribution in [0, 0.1) is 5.92 Å². The van der Waals surface area contributed by atoms with Gasteiger partial charge in [0.25, 0.3) is 0 Å². The Labute approximate surface area is 96.7 Å². The molecule has 2 saturated heterocycles. The normalized spacial score (nSPS) is 26.9. The molecule has 2 aliphatic rings. The number of ether oxygens (including phenoxy) is 1. The first-order valence-electron chi connectivity index (χ1n) is 5.45. The molecule has 1 amide bonds. The molecule has 0 bridgehead atoms. The van der Waals surface area contributed by atoms with Crippen LogP contribution in [0.1, 0.15) is 12.8 Å². The van der Waals surface area contributed by atoms with E-state index in [4.69, 9.17) is 4.74 Å². The van der Waals surface area contributed by atoms with Crippen LogP contribution < -0.4 is 5.32 Å². The van der Waals surface area contributed by atoms with Crippen molar-refractivity contribution in [1.82, 2.24) is 10.2 Å². The molecular weight excluding hydrogens is 216 g/mol. The second-order valence-corrected chi connectivity index (χ2v) is 3.98. The molecule has 1 atom stereocenters. The molecule has 0 aromatic rings. The van der Waals surface area contributed by atoms with Crippen LogP contribution in [-0.4, -0.2) is 50.2 Å². The molecule has 0 aromatic heterocycles. The van der Waals surface area contributed by atoms with Crippen LogP contribution in [0.4, 0.5) is 0 Å². The fourth-order valence-electron chi connectivity index (χ4n) is 2.10. The number of carbonyl (C=O) groups excluding carboxylic acids is 1. The van der Waals surface area contributed by atoms with Crippen LogP contribution >= 0.6 is 12.4 Å². The third kappa shape index (κ3) is 3.33. The average Bonchev–Trinajstić information content (AvgIpc) is 2.30. The first-order chi connectivity index (χ1) is 6.88. The highest BCUT2D eigenvalue weighted by Crippen LogP contribution is 2.14. The number of piperidine rings is 1. The number of morpholine rings is 1. The second-order valence-electron chi connectivity index (χ2n) is 3.98. The van der Waals surface area contributed by atoms with Gasteiger partial charge in [0.1, 0.15) is 0 Å². The van der Waals surface area contributed by atoms with Crippen molar-refractivity contribution in [3.05, 3.63) is 0 Å². The maximum absolute atomic E-state index is 12.0. The largest absolute Gasteiger partial charge is 0.378 e. The van der Waals surface area contributed by atoms with Crippen molar-refractivity contribution in [2.45, 2.75) is 12.8 Å². The number of hydrogen-bond acceptors (Lipinski definition) is 3. The number of amides is 1. The number of nitrogens with zero attached hydrogens (tertiary/aromatic N) is 1. The molecule has 2 aliphatic heterocycles. The van der Waals surface area contributed by atoms with E-state index >= 15 is 0 Å². The van der Waals surface area contributed by atoms with E-state index in [1.54, 1.807) is 0 Å². The van der Waals surface area contributed by atoms with E-state index in [9.17, 15) is 4.79 Å². The standard InChI is InChI=1S/C10H18N2O2.ClH/c13-10(9-2-1-3-11-8-9)12-4-6-14-7-5-12;/h9,11H,1-8H2;1H. The van der Waals surface area contributed by atoms with E-state index in [0.29, 0.717) is 19.1 Å². The molecule has 0 aliphatic carbocycles. The van der Waals surface area contributed by atoms with E-state index in [-0.39, 0.29) is 18.3 Å². The lowest BCUT2D eigenvalue weighted by molar-refractivity contribution is -0.140. The van der Waals surface area contributed by atoms with Crippen molar-refractivity contribution in [2.75, 3.05) is 39.4 Å². The van der Waals surface area contributed by atoms with Crippen LogP contribution in [0.2, 0.25) is 0 Å². The van der Waals surface area contributed by atoms with Crippen LogP contribution in [0.15, 0.2) is 0 Å². The smallest absolute Gasteiger partial charge is 0.227 e. The molecule has 1 unspecified atom stereocenters. The van der Waals surface area contributed by atoms with Crippen molar-refractivity contribution < 1.29 is 9.53 Å². The van der Waals surface area contributed by atoms with E-state index in [2.05, 4.69) is 5.32 Å². The summed E-state index contributed by atoms with van der Waals surface area (Å²) >= 11 is 0. The van der Waals surface area contributed by atoms with Crippen LogP contribution in [0.5, 0.6) is 0 Å². The maximum atomic E-state index is 12.0. The molecule has 15 heavy (non-hydrogen) atoms. The van der Waals surface area contributed by atoms with Gasteiger partial charge in [-0.05, 0) is 19.4 Å². The SMILES string of the molecule is Cl.O=C(C1CCCNC1)N1CCOCC1. The monoisotopic (exact) mass is 234 g/mol. The van der Waals surface area contributed by atoms with Crippen molar-refractivity contribution >= 4 is 18.3 Å². The van der Waals surface area contributed by atoms with Gasteiger partial charge in [-0.3, -0.25) is 4.79 Å². The molecule has 1 N–H and O–H groups in total. The topological polar surface area (TPSA) is 41.6 Å². The summed E-state index contributed by atoms with van der Waals surface area (Å²) in [6.07, 6.45) is 2.17. The second kappa shape index (κ2) is 6.30. The zero-order valence-electron chi connectivity index (χ0n) is 8.91. The summed E-state index contributed by atoms with van der Waals surface area (Å²) in [7, 11) is 0. The number of nitrogens with one attached hydrogen (secondary N) is 1. The number of halogens is 1. The molecule has 2 fully saturated rings. The highest BCUT2D eigenvalue weighted by atomic mass is 35.5. The van der Waals surface area contributed by atoms with E-state index < -0.39 is 0 Å². The fourth-order valence-corrected chi connectivity index (χ4v) is 2.10. The summed E-state index contributed by atoms with van der Waals surface area (Å²) in [5, 5.41) is 3.28. The molecule has 0 aromatic carbocycles. The van der Waals surface area contributed by atoms with Gasteiger partial charge in [-0.25, -0.2) is 0 Å². The first kappa shape index (κ1) is 12.7.